The summed E-state index contributed by atoms with van der Waals surface area (Å²) in [6.45, 7) is 0.297. The molecule has 0 aliphatic heterocycles. The second-order valence-corrected chi connectivity index (χ2v) is 8.66. The molecule has 0 saturated heterocycles. The molecule has 3 nitrogen and oxygen atoms in total. The fourth-order valence-corrected chi connectivity index (χ4v) is 6.05. The largest absolute Gasteiger partial charge is 0.251 e. The van der Waals surface area contributed by atoms with Gasteiger partial charge in [-0.2, -0.15) is 0 Å². The average Bonchev–Trinajstić information content (AvgIpc) is 2.85. The molecule has 2 aromatic rings. The van der Waals surface area contributed by atoms with Crippen LogP contribution < -0.4 is 4.72 Å². The van der Waals surface area contributed by atoms with E-state index in [0.29, 0.717) is 15.2 Å². The van der Waals surface area contributed by atoms with Gasteiger partial charge in [-0.05, 0) is 54.8 Å². The van der Waals surface area contributed by atoms with Gasteiger partial charge in [0.1, 0.15) is 4.21 Å². The van der Waals surface area contributed by atoms with E-state index >= 15 is 0 Å². The van der Waals surface area contributed by atoms with Crippen molar-refractivity contribution in [3.63, 3.8) is 0 Å². The molecule has 0 aliphatic rings. The predicted molar refractivity (Wildman–Crippen MR) is 78.1 cm³/mol. The normalized spacial score (nSPS) is 11.9. The zero-order chi connectivity index (χ0) is 12.5. The summed E-state index contributed by atoms with van der Waals surface area (Å²) in [5, 5.41) is 3.65. The maximum atomic E-state index is 12.0. The van der Waals surface area contributed by atoms with Crippen LogP contribution in [0.1, 0.15) is 4.88 Å². The van der Waals surface area contributed by atoms with Crippen molar-refractivity contribution < 1.29 is 8.42 Å². The highest BCUT2D eigenvalue weighted by Crippen LogP contribution is 2.28. The highest BCUT2D eigenvalue weighted by Gasteiger charge is 2.19. The van der Waals surface area contributed by atoms with Gasteiger partial charge in [0.05, 0.1) is 0 Å². The second kappa shape index (κ2) is 5.50. The zero-order valence-corrected chi connectivity index (χ0v) is 13.9. The molecular weight excluding hydrogens is 410 g/mol. The van der Waals surface area contributed by atoms with E-state index in [1.165, 1.54) is 22.7 Å². The predicted octanol–water partition coefficient (Wildman–Crippen LogP) is 3.81. The molecule has 92 valence electrons. The summed E-state index contributed by atoms with van der Waals surface area (Å²) in [6.07, 6.45) is 0. The quantitative estimate of drug-likeness (QED) is 0.823. The highest BCUT2D eigenvalue weighted by atomic mass is 79.9. The molecule has 0 aliphatic carbocycles. The van der Waals surface area contributed by atoms with E-state index in [-0.39, 0.29) is 0 Å². The van der Waals surface area contributed by atoms with E-state index in [4.69, 9.17) is 0 Å². The first kappa shape index (κ1) is 13.7. The van der Waals surface area contributed by atoms with Crippen LogP contribution in [0.2, 0.25) is 0 Å². The van der Waals surface area contributed by atoms with Crippen LogP contribution in [-0.4, -0.2) is 8.42 Å². The number of halogens is 2. The van der Waals surface area contributed by atoms with Crippen LogP contribution in [0.3, 0.4) is 0 Å². The minimum atomic E-state index is -3.43. The topological polar surface area (TPSA) is 46.2 Å². The van der Waals surface area contributed by atoms with Crippen molar-refractivity contribution in [2.45, 2.75) is 10.8 Å². The van der Waals surface area contributed by atoms with Gasteiger partial charge in [-0.15, -0.1) is 22.7 Å². The first-order chi connectivity index (χ1) is 8.00. The lowest BCUT2D eigenvalue weighted by Gasteiger charge is -2.04. The summed E-state index contributed by atoms with van der Waals surface area (Å²) < 4.78 is 28.4. The maximum Gasteiger partial charge on any atom is 0.251 e. The first-order valence-corrected chi connectivity index (χ1v) is 9.28. The van der Waals surface area contributed by atoms with Gasteiger partial charge in [-0.1, -0.05) is 0 Å². The van der Waals surface area contributed by atoms with E-state index in [0.717, 1.165) is 9.35 Å². The van der Waals surface area contributed by atoms with Crippen molar-refractivity contribution in [1.29, 1.82) is 0 Å². The molecule has 2 rings (SSSR count). The third-order valence-electron chi connectivity index (χ3n) is 1.94. The van der Waals surface area contributed by atoms with Gasteiger partial charge in [0, 0.05) is 20.4 Å². The van der Waals surface area contributed by atoms with Crippen LogP contribution in [0.15, 0.2) is 36.0 Å². The molecule has 0 bridgehead atoms. The molecular formula is C9H7Br2NO2S3. The van der Waals surface area contributed by atoms with Crippen LogP contribution >= 0.6 is 54.5 Å². The molecule has 0 fully saturated rings. The molecule has 0 radical (unpaired) electrons. The standard InChI is InChI=1S/C9H7Br2NO2S3/c10-6-1-3-15-8(6)5-12-17(13,14)9-7(11)2-4-16-9/h1-4,12H,5H2. The Kier molecular flexibility index (Phi) is 4.43. The van der Waals surface area contributed by atoms with Crippen molar-refractivity contribution >= 4 is 64.6 Å². The summed E-state index contributed by atoms with van der Waals surface area (Å²) in [5.41, 5.74) is 0. The van der Waals surface area contributed by atoms with Crippen LogP contribution in [0, 0.1) is 0 Å². The van der Waals surface area contributed by atoms with Crippen molar-refractivity contribution in [2.24, 2.45) is 0 Å². The maximum absolute atomic E-state index is 12.0. The molecule has 1 N–H and O–H groups in total. The summed E-state index contributed by atoms with van der Waals surface area (Å²) in [7, 11) is -3.43. The Morgan fingerprint density at radius 1 is 1.12 bits per heavy atom. The van der Waals surface area contributed by atoms with Crippen LogP contribution in [0.25, 0.3) is 0 Å². The summed E-state index contributed by atoms with van der Waals surface area (Å²) >= 11 is 9.29. The molecule has 0 atom stereocenters. The molecule has 0 aromatic carbocycles. The van der Waals surface area contributed by atoms with Gasteiger partial charge >= 0.3 is 0 Å². The number of rotatable bonds is 4. The molecule has 0 saturated carbocycles. The Morgan fingerprint density at radius 3 is 2.29 bits per heavy atom. The van der Waals surface area contributed by atoms with E-state index in [9.17, 15) is 8.42 Å². The third kappa shape index (κ3) is 3.18. The van der Waals surface area contributed by atoms with Crippen LogP contribution in [0.4, 0.5) is 0 Å². The van der Waals surface area contributed by atoms with Gasteiger partial charge in [0.25, 0.3) is 10.0 Å². The number of nitrogens with one attached hydrogen (secondary N) is 1. The lowest BCUT2D eigenvalue weighted by molar-refractivity contribution is 0.583. The van der Waals surface area contributed by atoms with Crippen molar-refractivity contribution in [3.8, 4) is 0 Å². The van der Waals surface area contributed by atoms with Gasteiger partial charge in [0.2, 0.25) is 0 Å². The van der Waals surface area contributed by atoms with Crippen molar-refractivity contribution in [2.75, 3.05) is 0 Å². The summed E-state index contributed by atoms with van der Waals surface area (Å²) in [5.74, 6) is 0. The Balaban J connectivity index is 2.15. The Morgan fingerprint density at radius 2 is 1.76 bits per heavy atom. The first-order valence-electron chi connectivity index (χ1n) is 4.45. The Hall–Kier alpha value is 0.270. The van der Waals surface area contributed by atoms with Gasteiger partial charge in [-0.25, -0.2) is 13.1 Å². The Bertz CT molecular complexity index is 618. The third-order valence-corrected chi connectivity index (χ3v) is 7.94. The molecule has 17 heavy (non-hydrogen) atoms. The number of hydrogen-bond acceptors (Lipinski definition) is 4. The van der Waals surface area contributed by atoms with E-state index in [1.807, 2.05) is 11.4 Å². The average molecular weight is 417 g/mol. The summed E-state index contributed by atoms with van der Waals surface area (Å²) in [6, 6.07) is 3.62. The number of sulfonamides is 1. The molecule has 0 spiro atoms. The lowest BCUT2D eigenvalue weighted by Crippen LogP contribution is -2.22. The molecule has 8 heteroatoms. The minimum absolute atomic E-state index is 0.297. The van der Waals surface area contributed by atoms with Crippen LogP contribution in [-0.2, 0) is 16.6 Å². The van der Waals surface area contributed by atoms with Gasteiger partial charge in [-0.3, -0.25) is 0 Å². The Labute approximate surface area is 124 Å². The number of hydrogen-bond donors (Lipinski definition) is 1. The SMILES string of the molecule is O=S(=O)(NCc1sccc1Br)c1sccc1Br. The van der Waals surface area contributed by atoms with E-state index < -0.39 is 10.0 Å². The second-order valence-electron chi connectivity index (χ2n) is 3.07. The fraction of sp³-hybridized carbons (Fsp3) is 0.111. The zero-order valence-electron chi connectivity index (χ0n) is 8.31. The van der Waals surface area contributed by atoms with Crippen molar-refractivity contribution in [3.05, 3.63) is 36.7 Å². The number of thiophene rings is 2. The molecule has 0 unspecified atom stereocenters. The summed E-state index contributed by atoms with van der Waals surface area (Å²) in [4.78, 5) is 0.959. The smallest absolute Gasteiger partial charge is 0.206 e. The lowest BCUT2D eigenvalue weighted by atomic mass is 10.5. The monoisotopic (exact) mass is 415 g/mol. The fourth-order valence-electron chi connectivity index (χ4n) is 1.15. The van der Waals surface area contributed by atoms with E-state index in [1.54, 1.807) is 11.4 Å². The molecule has 2 heterocycles. The van der Waals surface area contributed by atoms with Gasteiger partial charge in [0.15, 0.2) is 0 Å². The highest BCUT2D eigenvalue weighted by molar-refractivity contribution is 9.10. The van der Waals surface area contributed by atoms with E-state index in [2.05, 4.69) is 36.6 Å². The van der Waals surface area contributed by atoms with Crippen molar-refractivity contribution in [1.82, 2.24) is 4.72 Å². The minimum Gasteiger partial charge on any atom is -0.206 e. The molecule has 0 amide bonds. The van der Waals surface area contributed by atoms with Gasteiger partial charge < -0.3 is 0 Å². The molecule has 2 aromatic heterocycles. The van der Waals surface area contributed by atoms with Crippen LogP contribution in [0.5, 0.6) is 0 Å².